The molecule has 0 spiro atoms. The number of nitrogens with two attached hydrogens (primary N) is 1. The number of hydrogen-bond acceptors (Lipinski definition) is 3. The number of para-hydroxylation sites is 2. The molecule has 0 bridgehead atoms. The van der Waals surface area contributed by atoms with Gasteiger partial charge in [-0.15, -0.1) is 0 Å². The first-order valence-corrected chi connectivity index (χ1v) is 6.37. The van der Waals surface area contributed by atoms with Crippen LogP contribution in [0, 0.1) is 0 Å². The van der Waals surface area contributed by atoms with Crippen LogP contribution in [-0.4, -0.2) is 17.6 Å². The largest absolute Gasteiger partial charge is 0.491 e. The van der Waals surface area contributed by atoms with Crippen LogP contribution in [0.25, 0.3) is 0 Å². The fourth-order valence-corrected chi connectivity index (χ4v) is 1.95. The summed E-state index contributed by atoms with van der Waals surface area (Å²) in [6.45, 7) is 5.17. The lowest BCUT2D eigenvalue weighted by Gasteiger charge is -2.10. The van der Waals surface area contributed by atoms with Crippen LogP contribution >= 0.6 is 11.8 Å². The fourth-order valence-electron chi connectivity index (χ4n) is 1.13. The summed E-state index contributed by atoms with van der Waals surface area (Å²) in [5.41, 5.74) is 6.47. The Morgan fingerprint density at radius 2 is 2.13 bits per heavy atom. The Kier molecular flexibility index (Phi) is 5.40. The number of thioether (sulfide) groups is 1. The summed E-state index contributed by atoms with van der Waals surface area (Å²) < 4.78 is 5.59. The molecule has 1 aromatic rings. The number of ether oxygens (including phenoxy) is 1. The van der Waals surface area contributed by atoms with E-state index in [1.54, 1.807) is 0 Å². The second-order valence-corrected chi connectivity index (χ2v) is 5.02. The monoisotopic (exact) mass is 225 g/mol. The quantitative estimate of drug-likeness (QED) is 0.596. The van der Waals surface area contributed by atoms with E-state index in [4.69, 9.17) is 10.5 Å². The highest BCUT2D eigenvalue weighted by Gasteiger charge is 2.00. The zero-order valence-electron chi connectivity index (χ0n) is 9.40. The van der Waals surface area contributed by atoms with Crippen molar-refractivity contribution in [3.63, 3.8) is 0 Å². The Morgan fingerprint density at radius 3 is 2.80 bits per heavy atom. The smallest absolute Gasteiger partial charge is 0.142 e. The highest BCUT2D eigenvalue weighted by Crippen LogP contribution is 2.20. The van der Waals surface area contributed by atoms with Gasteiger partial charge in [0.05, 0.1) is 12.3 Å². The molecule has 15 heavy (non-hydrogen) atoms. The highest BCUT2D eigenvalue weighted by molar-refractivity contribution is 7.99. The maximum atomic E-state index is 5.76. The standard InChI is InChI=1S/C12H19NOS/c1-3-10(2)15-9-8-14-12-7-5-4-6-11(12)13/h4-7,10H,3,8-9,13H2,1-2H3. The van der Waals surface area contributed by atoms with Crippen LogP contribution in [0.5, 0.6) is 5.75 Å². The molecule has 1 aromatic carbocycles. The van der Waals surface area contributed by atoms with E-state index in [-0.39, 0.29) is 0 Å². The minimum atomic E-state index is 0.710. The summed E-state index contributed by atoms with van der Waals surface area (Å²) in [7, 11) is 0. The van der Waals surface area contributed by atoms with E-state index in [2.05, 4.69) is 13.8 Å². The number of hydrogen-bond donors (Lipinski definition) is 1. The summed E-state index contributed by atoms with van der Waals surface area (Å²) in [5.74, 6) is 1.81. The maximum Gasteiger partial charge on any atom is 0.142 e. The highest BCUT2D eigenvalue weighted by atomic mass is 32.2. The van der Waals surface area contributed by atoms with Crippen molar-refractivity contribution in [2.45, 2.75) is 25.5 Å². The van der Waals surface area contributed by atoms with E-state index in [9.17, 15) is 0 Å². The first kappa shape index (κ1) is 12.2. The summed E-state index contributed by atoms with van der Waals surface area (Å²) in [6, 6.07) is 7.62. The number of anilines is 1. The van der Waals surface area contributed by atoms with E-state index in [0.717, 1.165) is 18.1 Å². The molecule has 0 aliphatic carbocycles. The molecule has 0 radical (unpaired) electrons. The summed E-state index contributed by atoms with van der Waals surface area (Å²) in [5, 5.41) is 0.710. The van der Waals surface area contributed by atoms with E-state index in [1.807, 2.05) is 36.0 Å². The third kappa shape index (κ3) is 4.47. The molecule has 0 aliphatic rings. The molecule has 0 amide bonds. The SMILES string of the molecule is CCC(C)SCCOc1ccccc1N. The average molecular weight is 225 g/mol. The van der Waals surface area contributed by atoms with Crippen LogP contribution < -0.4 is 10.5 Å². The van der Waals surface area contributed by atoms with Crippen LogP contribution in [0.3, 0.4) is 0 Å². The zero-order chi connectivity index (χ0) is 11.1. The van der Waals surface area contributed by atoms with E-state index in [1.165, 1.54) is 6.42 Å². The van der Waals surface area contributed by atoms with Crippen molar-refractivity contribution >= 4 is 17.4 Å². The first-order chi connectivity index (χ1) is 7.24. The third-order valence-corrected chi connectivity index (χ3v) is 3.54. The Morgan fingerprint density at radius 1 is 1.40 bits per heavy atom. The van der Waals surface area contributed by atoms with Gasteiger partial charge in [0.2, 0.25) is 0 Å². The maximum absolute atomic E-state index is 5.76. The van der Waals surface area contributed by atoms with E-state index >= 15 is 0 Å². The lowest BCUT2D eigenvalue weighted by Crippen LogP contribution is -2.05. The average Bonchev–Trinajstić information content (AvgIpc) is 2.26. The van der Waals surface area contributed by atoms with E-state index in [0.29, 0.717) is 10.9 Å². The van der Waals surface area contributed by atoms with Gasteiger partial charge in [-0.05, 0) is 18.6 Å². The predicted molar refractivity (Wildman–Crippen MR) is 68.6 cm³/mol. The zero-order valence-corrected chi connectivity index (χ0v) is 10.2. The van der Waals surface area contributed by atoms with Crippen molar-refractivity contribution in [2.75, 3.05) is 18.1 Å². The second-order valence-electron chi connectivity index (χ2n) is 3.48. The van der Waals surface area contributed by atoms with Crippen LogP contribution in [0.4, 0.5) is 5.69 Å². The molecule has 2 nitrogen and oxygen atoms in total. The van der Waals surface area contributed by atoms with Crippen molar-refractivity contribution in [2.24, 2.45) is 0 Å². The molecular weight excluding hydrogens is 206 g/mol. The van der Waals surface area contributed by atoms with Gasteiger partial charge in [-0.25, -0.2) is 0 Å². The molecule has 0 aromatic heterocycles. The molecule has 84 valence electrons. The number of nitrogen functional groups attached to an aromatic ring is 1. The molecule has 0 heterocycles. The third-order valence-electron chi connectivity index (χ3n) is 2.24. The molecular formula is C12H19NOS. The molecule has 3 heteroatoms. The minimum absolute atomic E-state index is 0.710. The van der Waals surface area contributed by atoms with Gasteiger partial charge in [0.15, 0.2) is 0 Å². The Balaban J connectivity index is 2.23. The van der Waals surface area contributed by atoms with Gasteiger partial charge in [-0.3, -0.25) is 0 Å². The van der Waals surface area contributed by atoms with Gasteiger partial charge < -0.3 is 10.5 Å². The first-order valence-electron chi connectivity index (χ1n) is 5.33. The lowest BCUT2D eigenvalue weighted by molar-refractivity contribution is 0.345. The van der Waals surface area contributed by atoms with Gasteiger partial charge >= 0.3 is 0 Å². The Labute approximate surface area is 96.2 Å². The Hall–Kier alpha value is -0.830. The van der Waals surface area contributed by atoms with Crippen molar-refractivity contribution in [1.82, 2.24) is 0 Å². The van der Waals surface area contributed by atoms with Gasteiger partial charge in [0, 0.05) is 11.0 Å². The van der Waals surface area contributed by atoms with Gasteiger partial charge in [-0.1, -0.05) is 26.0 Å². The van der Waals surface area contributed by atoms with Crippen LogP contribution in [0.2, 0.25) is 0 Å². The van der Waals surface area contributed by atoms with Crippen molar-refractivity contribution in [1.29, 1.82) is 0 Å². The fraction of sp³-hybridized carbons (Fsp3) is 0.500. The topological polar surface area (TPSA) is 35.2 Å². The molecule has 2 N–H and O–H groups in total. The van der Waals surface area contributed by atoms with E-state index < -0.39 is 0 Å². The molecule has 0 saturated heterocycles. The molecule has 0 fully saturated rings. The van der Waals surface area contributed by atoms with Gasteiger partial charge in [-0.2, -0.15) is 11.8 Å². The normalized spacial score (nSPS) is 12.4. The number of rotatable bonds is 6. The Bertz CT molecular complexity index is 291. The summed E-state index contributed by atoms with van der Waals surface area (Å²) >= 11 is 1.94. The van der Waals surface area contributed by atoms with Crippen molar-refractivity contribution in [3.8, 4) is 5.75 Å². The molecule has 1 atom stereocenters. The lowest BCUT2D eigenvalue weighted by atomic mass is 10.3. The summed E-state index contributed by atoms with van der Waals surface area (Å²) in [6.07, 6.45) is 1.21. The molecule has 1 rings (SSSR count). The van der Waals surface area contributed by atoms with Gasteiger partial charge in [0.25, 0.3) is 0 Å². The van der Waals surface area contributed by atoms with Crippen LogP contribution in [0.15, 0.2) is 24.3 Å². The minimum Gasteiger partial charge on any atom is -0.491 e. The molecule has 0 saturated carbocycles. The van der Waals surface area contributed by atoms with Crippen molar-refractivity contribution in [3.05, 3.63) is 24.3 Å². The molecule has 1 unspecified atom stereocenters. The number of benzene rings is 1. The molecule has 0 aliphatic heterocycles. The predicted octanol–water partition coefficient (Wildman–Crippen LogP) is 3.18. The second kappa shape index (κ2) is 6.62. The van der Waals surface area contributed by atoms with Crippen LogP contribution in [-0.2, 0) is 0 Å². The van der Waals surface area contributed by atoms with Crippen molar-refractivity contribution < 1.29 is 4.74 Å². The summed E-state index contributed by atoms with van der Waals surface area (Å²) in [4.78, 5) is 0. The van der Waals surface area contributed by atoms with Crippen LogP contribution in [0.1, 0.15) is 20.3 Å². The van der Waals surface area contributed by atoms with Gasteiger partial charge in [0.1, 0.15) is 5.75 Å².